The van der Waals surface area contributed by atoms with Crippen LogP contribution in [0.15, 0.2) is 12.2 Å². The first kappa shape index (κ1) is 12.2. The minimum atomic E-state index is -0.312. The quantitative estimate of drug-likeness (QED) is 0.523. The molecule has 0 saturated carbocycles. The molecule has 0 amide bonds. The van der Waals surface area contributed by atoms with Crippen molar-refractivity contribution in [3.8, 4) is 0 Å². The Bertz CT molecular complexity index is 174. The van der Waals surface area contributed by atoms with E-state index in [1.807, 2.05) is 0 Å². The Labute approximate surface area is 80.2 Å². The van der Waals surface area contributed by atoms with Crippen LogP contribution in [0, 0.1) is 0 Å². The maximum atomic E-state index is 10.4. The molecule has 0 aliphatic carbocycles. The summed E-state index contributed by atoms with van der Waals surface area (Å²) in [7, 11) is 0. The van der Waals surface area contributed by atoms with Gasteiger partial charge in [-0.3, -0.25) is 0 Å². The number of nitrogens with one attached hydrogen (secondary N) is 1. The van der Waals surface area contributed by atoms with E-state index >= 15 is 0 Å². The fourth-order valence-corrected chi connectivity index (χ4v) is 0.687. The van der Waals surface area contributed by atoms with Gasteiger partial charge >= 0.3 is 5.97 Å². The van der Waals surface area contributed by atoms with Crippen LogP contribution in [0.3, 0.4) is 0 Å². The zero-order chi connectivity index (χ0) is 10.3. The summed E-state index contributed by atoms with van der Waals surface area (Å²) in [4.78, 5) is 10.4. The Morgan fingerprint density at radius 1 is 1.69 bits per heavy atom. The van der Waals surface area contributed by atoms with E-state index in [-0.39, 0.29) is 5.97 Å². The predicted octanol–water partition coefficient (Wildman–Crippen LogP) is 1.49. The highest BCUT2D eigenvalue weighted by Gasteiger charge is 2.07. The molecule has 0 radical (unpaired) electrons. The van der Waals surface area contributed by atoms with Crippen molar-refractivity contribution in [2.45, 2.75) is 33.2 Å². The van der Waals surface area contributed by atoms with Gasteiger partial charge < -0.3 is 10.1 Å². The third-order valence-electron chi connectivity index (χ3n) is 1.69. The molecule has 0 spiro atoms. The van der Waals surface area contributed by atoms with Crippen LogP contribution >= 0.6 is 0 Å². The normalized spacial score (nSPS) is 19.2. The van der Waals surface area contributed by atoms with E-state index < -0.39 is 0 Å². The molecule has 1 saturated heterocycles. The predicted molar refractivity (Wildman–Crippen MR) is 53.5 cm³/mol. The molecular weight excluding hydrogens is 166 g/mol. The average molecular weight is 185 g/mol. The van der Waals surface area contributed by atoms with Gasteiger partial charge in [0.25, 0.3) is 0 Å². The van der Waals surface area contributed by atoms with Crippen molar-refractivity contribution < 1.29 is 9.53 Å². The maximum absolute atomic E-state index is 10.4. The first-order valence-electron chi connectivity index (χ1n) is 4.64. The monoisotopic (exact) mass is 185 g/mol. The number of ether oxygens (including phenoxy) is 1. The molecule has 1 unspecified atom stereocenters. The molecule has 3 heteroatoms. The molecule has 1 heterocycles. The lowest BCUT2D eigenvalue weighted by Gasteiger charge is -2.22. The molecule has 76 valence electrons. The van der Waals surface area contributed by atoms with Crippen molar-refractivity contribution >= 4 is 5.97 Å². The molecule has 0 aromatic carbocycles. The topological polar surface area (TPSA) is 38.3 Å². The van der Waals surface area contributed by atoms with Crippen LogP contribution < -0.4 is 5.32 Å². The van der Waals surface area contributed by atoms with Crippen LogP contribution in [0.25, 0.3) is 0 Å². The largest absolute Gasteiger partial charge is 0.463 e. The molecule has 1 aliphatic heterocycles. The molecule has 0 bridgehead atoms. The lowest BCUT2D eigenvalue weighted by atomic mass is 10.1. The summed E-state index contributed by atoms with van der Waals surface area (Å²) >= 11 is 0. The van der Waals surface area contributed by atoms with Crippen LogP contribution in [0.4, 0.5) is 0 Å². The van der Waals surface area contributed by atoms with Crippen molar-refractivity contribution in [3.05, 3.63) is 12.2 Å². The van der Waals surface area contributed by atoms with Gasteiger partial charge in [0.15, 0.2) is 0 Å². The van der Waals surface area contributed by atoms with Crippen molar-refractivity contribution in [3.63, 3.8) is 0 Å². The summed E-state index contributed by atoms with van der Waals surface area (Å²) in [5.74, 6) is -0.312. The van der Waals surface area contributed by atoms with E-state index in [1.54, 1.807) is 13.8 Å². The number of hydrogen-bond acceptors (Lipinski definition) is 3. The average Bonchev–Trinajstić information content (AvgIpc) is 2.02. The maximum Gasteiger partial charge on any atom is 0.333 e. The van der Waals surface area contributed by atoms with E-state index in [1.165, 1.54) is 13.0 Å². The van der Waals surface area contributed by atoms with Gasteiger partial charge in [0, 0.05) is 11.6 Å². The van der Waals surface area contributed by atoms with Crippen LogP contribution in [0.2, 0.25) is 0 Å². The standard InChI is InChI=1S/C6H10O2.C4H9N/c1-4-8-6(7)5(2)3;1-4-2-3-5-4/h2,4H2,1,3H3;4-5H,2-3H2,1H3. The molecule has 0 aromatic heterocycles. The Balaban J connectivity index is 0.000000243. The second kappa shape index (κ2) is 6.66. The van der Waals surface area contributed by atoms with Crippen LogP contribution in [-0.4, -0.2) is 25.2 Å². The Morgan fingerprint density at radius 2 is 2.15 bits per heavy atom. The van der Waals surface area contributed by atoms with Gasteiger partial charge in [-0.2, -0.15) is 0 Å². The van der Waals surface area contributed by atoms with Crippen LogP contribution in [0.1, 0.15) is 27.2 Å². The van der Waals surface area contributed by atoms with E-state index in [9.17, 15) is 4.79 Å². The fraction of sp³-hybridized carbons (Fsp3) is 0.700. The van der Waals surface area contributed by atoms with E-state index in [4.69, 9.17) is 0 Å². The van der Waals surface area contributed by atoms with Crippen molar-refractivity contribution in [2.24, 2.45) is 0 Å². The minimum Gasteiger partial charge on any atom is -0.463 e. The Morgan fingerprint density at radius 3 is 2.23 bits per heavy atom. The smallest absolute Gasteiger partial charge is 0.333 e. The summed E-state index contributed by atoms with van der Waals surface area (Å²) < 4.78 is 4.56. The van der Waals surface area contributed by atoms with E-state index in [0.717, 1.165) is 6.04 Å². The molecule has 1 aliphatic rings. The fourth-order valence-electron chi connectivity index (χ4n) is 0.687. The summed E-state index contributed by atoms with van der Waals surface area (Å²) in [6, 6.07) is 0.815. The first-order chi connectivity index (χ1) is 6.07. The van der Waals surface area contributed by atoms with Gasteiger partial charge in [0.05, 0.1) is 6.61 Å². The van der Waals surface area contributed by atoms with Gasteiger partial charge in [-0.25, -0.2) is 4.79 Å². The van der Waals surface area contributed by atoms with Gasteiger partial charge in [0.1, 0.15) is 0 Å². The Kier molecular flexibility index (Phi) is 6.24. The summed E-state index contributed by atoms with van der Waals surface area (Å²) in [5.41, 5.74) is 0.451. The third kappa shape index (κ3) is 6.34. The molecule has 13 heavy (non-hydrogen) atoms. The minimum absolute atomic E-state index is 0.312. The molecule has 1 atom stereocenters. The number of hydrogen-bond donors (Lipinski definition) is 1. The van der Waals surface area contributed by atoms with Crippen molar-refractivity contribution in [1.82, 2.24) is 5.32 Å². The number of esters is 1. The molecule has 3 nitrogen and oxygen atoms in total. The summed E-state index contributed by atoms with van der Waals surface area (Å²) in [6.07, 6.45) is 1.38. The second-order valence-corrected chi connectivity index (χ2v) is 3.14. The second-order valence-electron chi connectivity index (χ2n) is 3.14. The summed E-state index contributed by atoms with van der Waals surface area (Å²) in [6.45, 7) is 10.6. The highest BCUT2D eigenvalue weighted by atomic mass is 16.5. The van der Waals surface area contributed by atoms with Gasteiger partial charge in [-0.1, -0.05) is 6.58 Å². The number of rotatable bonds is 2. The van der Waals surface area contributed by atoms with Crippen LogP contribution in [-0.2, 0) is 9.53 Å². The first-order valence-corrected chi connectivity index (χ1v) is 4.64. The number of carbonyl (C=O) groups is 1. The third-order valence-corrected chi connectivity index (χ3v) is 1.69. The molecule has 1 fully saturated rings. The summed E-state index contributed by atoms with van der Waals surface area (Å²) in [5, 5.41) is 3.21. The zero-order valence-electron chi connectivity index (χ0n) is 8.72. The Hall–Kier alpha value is -0.830. The molecular formula is C10H19NO2. The lowest BCUT2D eigenvalue weighted by Crippen LogP contribution is -2.39. The zero-order valence-corrected chi connectivity index (χ0v) is 8.72. The van der Waals surface area contributed by atoms with Gasteiger partial charge in [-0.05, 0) is 33.7 Å². The SMILES string of the molecule is C=C(C)C(=O)OCC.CC1CCN1. The van der Waals surface area contributed by atoms with E-state index in [0.29, 0.717) is 12.2 Å². The van der Waals surface area contributed by atoms with Crippen molar-refractivity contribution in [1.29, 1.82) is 0 Å². The highest BCUT2D eigenvalue weighted by Crippen LogP contribution is 1.96. The molecule has 1 rings (SSSR count). The molecule has 0 aromatic rings. The number of carbonyl (C=O) groups excluding carboxylic acids is 1. The highest BCUT2D eigenvalue weighted by molar-refractivity contribution is 5.86. The lowest BCUT2D eigenvalue weighted by molar-refractivity contribution is -0.138. The van der Waals surface area contributed by atoms with E-state index in [2.05, 4.69) is 23.6 Å². The van der Waals surface area contributed by atoms with Gasteiger partial charge in [0.2, 0.25) is 0 Å². The van der Waals surface area contributed by atoms with Gasteiger partial charge in [-0.15, -0.1) is 0 Å². The van der Waals surface area contributed by atoms with Crippen LogP contribution in [0.5, 0.6) is 0 Å². The molecule has 1 N–H and O–H groups in total. The van der Waals surface area contributed by atoms with Crippen molar-refractivity contribution in [2.75, 3.05) is 13.2 Å².